The first-order valence-electron chi connectivity index (χ1n) is 10.3. The van der Waals surface area contributed by atoms with Crippen LogP contribution < -0.4 is 14.8 Å². The lowest BCUT2D eigenvalue weighted by molar-refractivity contribution is 0.0941. The Balaban J connectivity index is 1.55. The summed E-state index contributed by atoms with van der Waals surface area (Å²) < 4.78 is 11.4. The highest BCUT2D eigenvalue weighted by Crippen LogP contribution is 2.17. The van der Waals surface area contributed by atoms with E-state index in [4.69, 9.17) is 9.47 Å². The van der Waals surface area contributed by atoms with Crippen molar-refractivity contribution in [1.82, 2.24) is 5.32 Å². The molecule has 0 aliphatic carbocycles. The number of ether oxygens (including phenoxy) is 2. The molecular weight excluding hydrogens is 366 g/mol. The Morgan fingerprint density at radius 3 is 1.34 bits per heavy atom. The number of aliphatic hydroxyl groups is 2. The number of aryl methyl sites for hydroxylation is 4. The van der Waals surface area contributed by atoms with Crippen molar-refractivity contribution in [3.05, 3.63) is 58.7 Å². The Morgan fingerprint density at radius 2 is 1.00 bits per heavy atom. The van der Waals surface area contributed by atoms with Crippen molar-refractivity contribution in [3.63, 3.8) is 0 Å². The van der Waals surface area contributed by atoms with E-state index in [1.807, 2.05) is 52.0 Å². The van der Waals surface area contributed by atoms with Crippen LogP contribution in [-0.4, -0.2) is 48.7 Å². The van der Waals surface area contributed by atoms with Gasteiger partial charge in [0.1, 0.15) is 24.7 Å². The van der Waals surface area contributed by atoms with Crippen LogP contribution in [0.5, 0.6) is 11.5 Å². The summed E-state index contributed by atoms with van der Waals surface area (Å²) >= 11 is 0. The van der Waals surface area contributed by atoms with Crippen molar-refractivity contribution < 1.29 is 19.7 Å². The van der Waals surface area contributed by atoms with E-state index in [0.29, 0.717) is 25.9 Å². The largest absolute Gasteiger partial charge is 0.491 e. The van der Waals surface area contributed by atoms with Gasteiger partial charge in [-0.2, -0.15) is 0 Å². The summed E-state index contributed by atoms with van der Waals surface area (Å²) in [5.41, 5.74) is 4.60. The molecule has 0 fully saturated rings. The monoisotopic (exact) mass is 401 g/mol. The average Bonchev–Trinajstić information content (AvgIpc) is 2.63. The van der Waals surface area contributed by atoms with Crippen LogP contribution in [0.25, 0.3) is 0 Å². The van der Waals surface area contributed by atoms with Crippen LogP contribution in [-0.2, 0) is 0 Å². The van der Waals surface area contributed by atoms with Crippen molar-refractivity contribution in [3.8, 4) is 11.5 Å². The Morgan fingerprint density at radius 1 is 0.655 bits per heavy atom. The molecule has 5 nitrogen and oxygen atoms in total. The molecule has 3 N–H and O–H groups in total. The van der Waals surface area contributed by atoms with E-state index in [1.54, 1.807) is 0 Å². The van der Waals surface area contributed by atoms with Crippen molar-refractivity contribution >= 4 is 0 Å². The van der Waals surface area contributed by atoms with E-state index >= 15 is 0 Å². The first-order valence-corrected chi connectivity index (χ1v) is 10.3. The number of rotatable bonds is 12. The molecule has 0 unspecified atom stereocenters. The van der Waals surface area contributed by atoms with Gasteiger partial charge >= 0.3 is 0 Å². The number of benzene rings is 2. The molecule has 0 aliphatic rings. The fourth-order valence-corrected chi connectivity index (χ4v) is 3.25. The predicted octanol–water partition coefficient (Wildman–Crippen LogP) is 3.47. The SMILES string of the molecule is Cc1cc(C)cc(OC[C@H](O)CCNCC[C@H](O)COc2cc(C)cc(C)c2)c1. The van der Waals surface area contributed by atoms with Gasteiger partial charge in [0.2, 0.25) is 0 Å². The van der Waals surface area contributed by atoms with Crippen LogP contribution in [0, 0.1) is 27.7 Å². The van der Waals surface area contributed by atoms with Crippen molar-refractivity contribution in [2.24, 2.45) is 0 Å². The second-order valence-electron chi connectivity index (χ2n) is 7.90. The van der Waals surface area contributed by atoms with Crippen molar-refractivity contribution in [2.75, 3.05) is 26.3 Å². The first kappa shape index (κ1) is 23.2. The molecule has 0 heterocycles. The van der Waals surface area contributed by atoms with Gasteiger partial charge in [-0.25, -0.2) is 0 Å². The fraction of sp³-hybridized carbons (Fsp3) is 0.500. The third-order valence-electron chi connectivity index (χ3n) is 4.58. The molecule has 29 heavy (non-hydrogen) atoms. The number of aliphatic hydroxyl groups excluding tert-OH is 2. The maximum absolute atomic E-state index is 10.1. The summed E-state index contributed by atoms with van der Waals surface area (Å²) in [5.74, 6) is 1.59. The maximum Gasteiger partial charge on any atom is 0.119 e. The number of hydrogen-bond donors (Lipinski definition) is 3. The zero-order chi connectivity index (χ0) is 21.2. The van der Waals surface area contributed by atoms with Gasteiger partial charge in [0.05, 0.1) is 12.2 Å². The third-order valence-corrected chi connectivity index (χ3v) is 4.58. The van der Waals surface area contributed by atoms with Gasteiger partial charge in [0, 0.05) is 0 Å². The van der Waals surface area contributed by atoms with Gasteiger partial charge in [-0.05, 0) is 100 Å². The second kappa shape index (κ2) is 11.8. The molecule has 0 spiro atoms. The smallest absolute Gasteiger partial charge is 0.119 e. The number of hydrogen-bond acceptors (Lipinski definition) is 5. The summed E-state index contributed by atoms with van der Waals surface area (Å²) in [6, 6.07) is 12.1. The van der Waals surface area contributed by atoms with E-state index in [1.165, 1.54) is 0 Å². The molecule has 0 amide bonds. The quantitative estimate of drug-likeness (QED) is 0.475. The third kappa shape index (κ3) is 9.31. The second-order valence-corrected chi connectivity index (χ2v) is 7.90. The molecule has 0 aromatic heterocycles. The van der Waals surface area contributed by atoms with E-state index in [-0.39, 0.29) is 13.2 Å². The van der Waals surface area contributed by atoms with Crippen molar-refractivity contribution in [2.45, 2.75) is 52.7 Å². The van der Waals surface area contributed by atoms with E-state index in [2.05, 4.69) is 17.4 Å². The van der Waals surface area contributed by atoms with E-state index in [9.17, 15) is 10.2 Å². The zero-order valence-electron chi connectivity index (χ0n) is 18.1. The average molecular weight is 402 g/mol. The molecule has 0 saturated carbocycles. The minimum atomic E-state index is -0.527. The Hall–Kier alpha value is -2.08. The summed E-state index contributed by atoms with van der Waals surface area (Å²) in [5, 5.41) is 23.4. The molecule has 0 radical (unpaired) electrons. The fourth-order valence-electron chi connectivity index (χ4n) is 3.25. The standard InChI is InChI=1S/C24H35NO4/c1-17-9-18(2)12-23(11-17)28-15-21(26)5-7-25-8-6-22(27)16-29-24-13-19(3)10-20(4)14-24/h9-14,21-22,25-27H,5-8,15-16H2,1-4H3/t21-,22+. The minimum absolute atomic E-state index is 0.275. The lowest BCUT2D eigenvalue weighted by Gasteiger charge is -2.15. The van der Waals surface area contributed by atoms with Gasteiger partial charge in [-0.15, -0.1) is 0 Å². The molecule has 2 rings (SSSR count). The highest BCUT2D eigenvalue weighted by molar-refractivity contribution is 5.33. The molecule has 2 aromatic carbocycles. The maximum atomic E-state index is 10.1. The molecule has 2 atom stereocenters. The van der Waals surface area contributed by atoms with Crippen LogP contribution in [0.15, 0.2) is 36.4 Å². The zero-order valence-corrected chi connectivity index (χ0v) is 18.1. The number of nitrogens with one attached hydrogen (secondary N) is 1. The normalized spacial score (nSPS) is 13.2. The molecule has 5 heteroatoms. The minimum Gasteiger partial charge on any atom is -0.491 e. The summed E-state index contributed by atoms with van der Waals surface area (Å²) in [6.07, 6.45) is 0.141. The van der Waals surface area contributed by atoms with Gasteiger partial charge in [-0.1, -0.05) is 12.1 Å². The lowest BCUT2D eigenvalue weighted by atomic mass is 10.1. The van der Waals surface area contributed by atoms with E-state index < -0.39 is 12.2 Å². The van der Waals surface area contributed by atoms with E-state index in [0.717, 1.165) is 33.8 Å². The Bertz CT molecular complexity index is 659. The lowest BCUT2D eigenvalue weighted by Crippen LogP contribution is -2.28. The van der Waals surface area contributed by atoms with Gasteiger partial charge in [0.25, 0.3) is 0 Å². The molecule has 0 saturated heterocycles. The van der Waals surface area contributed by atoms with Crippen LogP contribution in [0.3, 0.4) is 0 Å². The Labute approximate surface area is 174 Å². The molecule has 2 aromatic rings. The highest BCUT2D eigenvalue weighted by Gasteiger charge is 2.08. The van der Waals surface area contributed by atoms with Crippen LogP contribution >= 0.6 is 0 Å². The predicted molar refractivity (Wildman–Crippen MR) is 117 cm³/mol. The summed E-state index contributed by atoms with van der Waals surface area (Å²) in [4.78, 5) is 0. The topological polar surface area (TPSA) is 71.0 Å². The first-order chi connectivity index (χ1) is 13.8. The summed E-state index contributed by atoms with van der Waals surface area (Å²) in [7, 11) is 0. The molecule has 0 bridgehead atoms. The molecule has 0 aliphatic heterocycles. The molecular formula is C24H35NO4. The molecule has 160 valence electrons. The van der Waals surface area contributed by atoms with Gasteiger partial charge in [-0.3, -0.25) is 0 Å². The summed E-state index contributed by atoms with van der Waals surface area (Å²) in [6.45, 7) is 10.0. The van der Waals surface area contributed by atoms with Crippen LogP contribution in [0.4, 0.5) is 0 Å². The van der Waals surface area contributed by atoms with Gasteiger partial charge < -0.3 is 25.0 Å². The van der Waals surface area contributed by atoms with Crippen molar-refractivity contribution in [1.29, 1.82) is 0 Å². The van der Waals surface area contributed by atoms with Gasteiger partial charge in [0.15, 0.2) is 0 Å². The Kier molecular flexibility index (Phi) is 9.45. The van der Waals surface area contributed by atoms with Crippen LogP contribution in [0.2, 0.25) is 0 Å². The highest BCUT2D eigenvalue weighted by atomic mass is 16.5. The van der Waals surface area contributed by atoms with Crippen LogP contribution in [0.1, 0.15) is 35.1 Å².